The molecule has 8 heavy (non-hydrogen) atoms. The van der Waals surface area contributed by atoms with E-state index in [1.807, 2.05) is 0 Å². The second-order valence-electron chi connectivity index (χ2n) is 1.46. The van der Waals surface area contributed by atoms with Crippen LogP contribution in [-0.2, 0) is 6.42 Å². The quantitative estimate of drug-likeness (QED) is 0.563. The summed E-state index contributed by atoms with van der Waals surface area (Å²) >= 11 is 0. The summed E-state index contributed by atoms with van der Waals surface area (Å²) < 4.78 is 14.0. The molecule has 0 aliphatic carbocycles. The Kier molecular flexibility index (Phi) is 1.00. The van der Waals surface area contributed by atoms with E-state index in [2.05, 4.69) is 9.97 Å². The van der Waals surface area contributed by atoms with Gasteiger partial charge in [-0.3, -0.25) is 0 Å². The molecule has 0 atom stereocenters. The molecule has 0 unspecified atom stereocenters. The highest BCUT2D eigenvalue weighted by molar-refractivity contribution is 4.93. The van der Waals surface area contributed by atoms with Gasteiger partial charge < -0.3 is 10.7 Å². The molecule has 0 fully saturated rings. The maximum Gasteiger partial charge on any atom is 0.0921 e. The molecule has 0 aliphatic rings. The lowest BCUT2D eigenvalue weighted by Crippen LogP contribution is -2.02. The molecule has 0 saturated carbocycles. The minimum Gasteiger partial charge on any atom is -0.348 e. The average molecular weight is 113 g/mol. The van der Waals surface area contributed by atoms with Crippen LogP contribution < -0.4 is 5.73 Å². The molecule has 0 saturated heterocycles. The number of aryl methyl sites for hydroxylation is 1. The highest BCUT2D eigenvalue weighted by Gasteiger charge is 1.86. The molecule has 0 aliphatic heterocycles. The van der Waals surface area contributed by atoms with Crippen molar-refractivity contribution in [3.8, 4) is 0 Å². The third-order valence-corrected chi connectivity index (χ3v) is 0.847. The third kappa shape index (κ3) is 1.07. The summed E-state index contributed by atoms with van der Waals surface area (Å²) in [6.45, 7) is -1.65. The van der Waals surface area contributed by atoms with Crippen molar-refractivity contribution < 1.29 is 2.74 Å². The Bertz CT molecular complexity index is 189. The summed E-state index contributed by atoms with van der Waals surface area (Å²) in [5, 5.41) is 0. The molecular weight excluding hydrogens is 102 g/mol. The topological polar surface area (TPSA) is 54.7 Å². The summed E-state index contributed by atoms with van der Waals surface area (Å²) in [5.41, 5.74) is 5.83. The molecule has 0 bridgehead atoms. The third-order valence-electron chi connectivity index (χ3n) is 0.847. The van der Waals surface area contributed by atoms with Gasteiger partial charge in [0.25, 0.3) is 0 Å². The van der Waals surface area contributed by atoms with E-state index in [1.165, 1.54) is 6.33 Å². The van der Waals surface area contributed by atoms with Gasteiger partial charge in [0.15, 0.2) is 0 Å². The largest absolute Gasteiger partial charge is 0.348 e. The van der Waals surface area contributed by atoms with Gasteiger partial charge in [0.1, 0.15) is 0 Å². The molecule has 1 aromatic heterocycles. The zero-order valence-corrected chi connectivity index (χ0v) is 4.39. The molecule has 3 heteroatoms. The number of rotatable bonds is 2. The van der Waals surface area contributed by atoms with E-state index in [0.29, 0.717) is 5.69 Å². The Morgan fingerprint density at radius 1 is 2.00 bits per heavy atom. The monoisotopic (exact) mass is 113 g/mol. The molecular formula is C5H9N3. The molecule has 0 spiro atoms. The normalized spacial score (nSPS) is 15.1. The molecule has 0 radical (unpaired) electrons. The van der Waals surface area contributed by atoms with Crippen molar-refractivity contribution in [1.82, 2.24) is 9.97 Å². The van der Waals surface area contributed by atoms with Gasteiger partial charge in [-0.1, -0.05) is 0 Å². The molecule has 0 aromatic carbocycles. The zero-order chi connectivity index (χ0) is 7.61. The fourth-order valence-corrected chi connectivity index (χ4v) is 0.491. The van der Waals surface area contributed by atoms with Gasteiger partial charge in [-0.25, -0.2) is 4.98 Å². The molecule has 1 rings (SSSR count). The number of aromatic nitrogens is 2. The van der Waals surface area contributed by atoms with E-state index in [4.69, 9.17) is 8.48 Å². The first-order chi connectivity index (χ1) is 4.58. The van der Waals surface area contributed by atoms with Crippen molar-refractivity contribution in [3.63, 3.8) is 0 Å². The molecule has 3 N–H and O–H groups in total. The second-order valence-corrected chi connectivity index (χ2v) is 1.46. The average Bonchev–Trinajstić information content (AvgIpc) is 2.12. The van der Waals surface area contributed by atoms with Gasteiger partial charge in [0.2, 0.25) is 0 Å². The molecule has 44 valence electrons. The lowest BCUT2D eigenvalue weighted by Gasteiger charge is -1.86. The van der Waals surface area contributed by atoms with Crippen LogP contribution >= 0.6 is 0 Å². The summed E-state index contributed by atoms with van der Waals surface area (Å²) in [4.78, 5) is 6.49. The van der Waals surface area contributed by atoms with E-state index >= 15 is 0 Å². The van der Waals surface area contributed by atoms with Crippen molar-refractivity contribution >= 4 is 0 Å². The summed E-state index contributed by atoms with van der Waals surface area (Å²) in [5.74, 6) is 0. The maximum atomic E-state index is 7.00. The standard InChI is InChI=1S/C5H9N3/c6-2-1-5-3-7-4-8-5/h3-4H,1-2,6H2,(H,7,8)/i2D2. The predicted molar refractivity (Wildman–Crippen MR) is 31.3 cm³/mol. The smallest absolute Gasteiger partial charge is 0.0921 e. The van der Waals surface area contributed by atoms with Crippen LogP contribution in [0.25, 0.3) is 0 Å². The molecule has 1 heterocycles. The SMILES string of the molecule is [2H]C([2H])(N)Cc1cnc[nH]1. The van der Waals surface area contributed by atoms with Crippen LogP contribution in [0.15, 0.2) is 12.5 Å². The summed E-state index contributed by atoms with van der Waals surface area (Å²) in [6.07, 6.45) is 3.23. The first kappa shape index (κ1) is 3.25. The van der Waals surface area contributed by atoms with Crippen LogP contribution in [0.3, 0.4) is 0 Å². The second kappa shape index (κ2) is 2.47. The van der Waals surface area contributed by atoms with Crippen molar-refractivity contribution in [2.45, 2.75) is 6.42 Å². The lowest BCUT2D eigenvalue weighted by molar-refractivity contribution is 0.935. The van der Waals surface area contributed by atoms with E-state index < -0.39 is 6.50 Å². The van der Waals surface area contributed by atoms with Gasteiger partial charge in [-0.05, 0) is 6.50 Å². The first-order valence-corrected chi connectivity index (χ1v) is 2.34. The Morgan fingerprint density at radius 3 is 3.38 bits per heavy atom. The van der Waals surface area contributed by atoms with E-state index in [0.717, 1.165) is 0 Å². The van der Waals surface area contributed by atoms with E-state index in [-0.39, 0.29) is 6.42 Å². The van der Waals surface area contributed by atoms with Gasteiger partial charge in [-0.15, -0.1) is 0 Å². The number of nitrogens with two attached hydrogens (primary N) is 1. The van der Waals surface area contributed by atoms with Crippen LogP contribution in [-0.4, -0.2) is 16.5 Å². The molecule has 0 amide bonds. The van der Waals surface area contributed by atoms with Crippen LogP contribution in [0, 0.1) is 0 Å². The lowest BCUT2D eigenvalue weighted by atomic mass is 10.3. The van der Waals surface area contributed by atoms with Gasteiger partial charge in [0, 0.05) is 21.1 Å². The number of H-pyrrole nitrogens is 1. The highest BCUT2D eigenvalue weighted by Crippen LogP contribution is 1.88. The number of nitrogens with one attached hydrogen (secondary N) is 1. The van der Waals surface area contributed by atoms with Crippen LogP contribution in [0.4, 0.5) is 0 Å². The Balaban J connectivity index is 2.57. The van der Waals surface area contributed by atoms with Crippen LogP contribution in [0.5, 0.6) is 0 Å². The molecule has 1 aromatic rings. The fraction of sp³-hybridized carbons (Fsp3) is 0.400. The minimum absolute atomic E-state index is 0.174. The van der Waals surface area contributed by atoms with Crippen LogP contribution in [0.1, 0.15) is 8.44 Å². The number of aromatic amines is 1. The Morgan fingerprint density at radius 2 is 2.88 bits per heavy atom. The minimum atomic E-state index is -1.65. The van der Waals surface area contributed by atoms with Crippen molar-refractivity contribution in [2.75, 3.05) is 6.50 Å². The highest BCUT2D eigenvalue weighted by atomic mass is 14.9. The predicted octanol–water partition coefficient (Wildman–Crippen LogP) is -0.0891. The Hall–Kier alpha value is -0.830. The summed E-state index contributed by atoms with van der Waals surface area (Å²) in [6, 6.07) is 0. The van der Waals surface area contributed by atoms with E-state index in [1.54, 1.807) is 6.20 Å². The van der Waals surface area contributed by atoms with Crippen LogP contribution in [0.2, 0.25) is 0 Å². The fourth-order valence-electron chi connectivity index (χ4n) is 0.491. The number of imidazole rings is 1. The van der Waals surface area contributed by atoms with Gasteiger partial charge in [-0.2, -0.15) is 0 Å². The molecule has 3 nitrogen and oxygen atoms in total. The first-order valence-electron chi connectivity index (χ1n) is 3.34. The van der Waals surface area contributed by atoms with Gasteiger partial charge in [0.05, 0.1) is 6.33 Å². The number of hydrogen-bond acceptors (Lipinski definition) is 2. The van der Waals surface area contributed by atoms with E-state index in [9.17, 15) is 0 Å². The van der Waals surface area contributed by atoms with Gasteiger partial charge >= 0.3 is 0 Å². The van der Waals surface area contributed by atoms with Crippen molar-refractivity contribution in [1.29, 1.82) is 0 Å². The Labute approximate surface area is 50.7 Å². The maximum absolute atomic E-state index is 7.00. The van der Waals surface area contributed by atoms with Crippen molar-refractivity contribution in [3.05, 3.63) is 18.2 Å². The van der Waals surface area contributed by atoms with Crippen molar-refractivity contribution in [2.24, 2.45) is 5.73 Å². The number of hydrogen-bond donors (Lipinski definition) is 2. The zero-order valence-electron chi connectivity index (χ0n) is 6.39. The summed E-state index contributed by atoms with van der Waals surface area (Å²) in [7, 11) is 0. The number of nitrogens with zero attached hydrogens (tertiary/aromatic N) is 1.